The molecule has 0 N–H and O–H groups in total. The highest BCUT2D eigenvalue weighted by Crippen LogP contribution is 2.33. The smallest absolute Gasteiger partial charge is 0.272 e. The average molecular weight is 308 g/mol. The molecule has 2 aromatic heterocycles. The largest absolute Gasteiger partial charge is 0.336 e. The lowest BCUT2D eigenvalue weighted by atomic mass is 9.82. The van der Waals surface area contributed by atoms with Crippen molar-refractivity contribution in [3.8, 4) is 0 Å². The summed E-state index contributed by atoms with van der Waals surface area (Å²) in [5, 5.41) is 0. The second-order valence-corrected chi connectivity index (χ2v) is 6.37. The van der Waals surface area contributed by atoms with Crippen LogP contribution in [0, 0.1) is 5.92 Å². The van der Waals surface area contributed by atoms with Crippen LogP contribution >= 0.6 is 0 Å². The molecule has 23 heavy (non-hydrogen) atoms. The topological polar surface area (TPSA) is 49.3 Å². The van der Waals surface area contributed by atoms with Gasteiger partial charge in [-0.25, -0.2) is 0 Å². The minimum atomic E-state index is 0.0554. The van der Waals surface area contributed by atoms with Gasteiger partial charge in [0.05, 0.1) is 0 Å². The van der Waals surface area contributed by atoms with E-state index >= 15 is 0 Å². The van der Waals surface area contributed by atoms with E-state index in [-0.39, 0.29) is 5.91 Å². The summed E-state index contributed by atoms with van der Waals surface area (Å²) in [6, 6.07) is 10.1. The van der Waals surface area contributed by atoms with Gasteiger partial charge >= 0.3 is 0 Å². The molecule has 2 aliphatic rings. The van der Waals surface area contributed by atoms with Crippen LogP contribution in [0.3, 0.4) is 0 Å². The first-order valence-electron chi connectivity index (χ1n) is 8.14. The van der Waals surface area contributed by atoms with Crippen LogP contribution in [0.25, 0.3) is 0 Å². The molecule has 4 rings (SSSR count). The number of aromatic nitrogens is 2. The van der Waals surface area contributed by atoms with E-state index in [4.69, 9.17) is 0 Å². The molecule has 2 aliphatic heterocycles. The summed E-state index contributed by atoms with van der Waals surface area (Å²) in [5.41, 5.74) is 1.83. The number of likely N-dealkylation sites (tertiary alicyclic amines) is 2. The Morgan fingerprint density at radius 3 is 2.78 bits per heavy atom. The quantitative estimate of drug-likeness (QED) is 0.868. The van der Waals surface area contributed by atoms with Crippen molar-refractivity contribution in [3.63, 3.8) is 0 Å². The van der Waals surface area contributed by atoms with Crippen LogP contribution in [0.2, 0.25) is 0 Å². The lowest BCUT2D eigenvalue weighted by Crippen LogP contribution is -2.64. The van der Waals surface area contributed by atoms with E-state index in [1.165, 1.54) is 5.56 Å². The summed E-state index contributed by atoms with van der Waals surface area (Å²) < 4.78 is 0. The van der Waals surface area contributed by atoms with Crippen molar-refractivity contribution in [1.82, 2.24) is 19.8 Å². The molecule has 118 valence electrons. The first-order valence-corrected chi connectivity index (χ1v) is 8.14. The predicted octanol–water partition coefficient (Wildman–Crippen LogP) is 1.82. The molecule has 0 unspecified atom stereocenters. The van der Waals surface area contributed by atoms with Gasteiger partial charge < -0.3 is 4.90 Å². The second kappa shape index (κ2) is 6.08. The number of carbonyl (C=O) groups is 1. The van der Waals surface area contributed by atoms with Crippen molar-refractivity contribution in [3.05, 3.63) is 60.2 Å². The number of hydrogen-bond acceptors (Lipinski definition) is 4. The molecule has 2 aromatic rings. The number of pyridine rings is 2. The molecule has 0 spiro atoms. The summed E-state index contributed by atoms with van der Waals surface area (Å²) in [7, 11) is 0. The Morgan fingerprint density at radius 2 is 2.00 bits per heavy atom. The third-order valence-corrected chi connectivity index (χ3v) is 4.97. The van der Waals surface area contributed by atoms with Gasteiger partial charge in [-0.1, -0.05) is 6.07 Å². The number of rotatable bonds is 3. The maximum Gasteiger partial charge on any atom is 0.272 e. The molecule has 0 aromatic carbocycles. The van der Waals surface area contributed by atoms with Crippen molar-refractivity contribution < 1.29 is 4.79 Å². The fourth-order valence-corrected chi connectivity index (χ4v) is 3.65. The van der Waals surface area contributed by atoms with Gasteiger partial charge in [0.15, 0.2) is 0 Å². The van der Waals surface area contributed by atoms with E-state index in [0.717, 1.165) is 38.5 Å². The van der Waals surface area contributed by atoms with Crippen LogP contribution < -0.4 is 0 Å². The fourth-order valence-electron chi connectivity index (χ4n) is 3.65. The van der Waals surface area contributed by atoms with Crippen LogP contribution in [0.15, 0.2) is 48.9 Å². The first-order chi connectivity index (χ1) is 11.3. The summed E-state index contributed by atoms with van der Waals surface area (Å²) in [6.07, 6.45) is 6.45. The van der Waals surface area contributed by atoms with Gasteiger partial charge in [0.25, 0.3) is 5.91 Å². The highest BCUT2D eigenvalue weighted by atomic mass is 16.2. The molecule has 0 bridgehead atoms. The van der Waals surface area contributed by atoms with Crippen molar-refractivity contribution in [1.29, 1.82) is 0 Å². The monoisotopic (exact) mass is 308 g/mol. The molecule has 0 radical (unpaired) electrons. The van der Waals surface area contributed by atoms with Gasteiger partial charge in [0, 0.05) is 50.8 Å². The second-order valence-electron chi connectivity index (χ2n) is 6.37. The number of hydrogen-bond donors (Lipinski definition) is 0. The molecule has 0 aliphatic carbocycles. The van der Waals surface area contributed by atoms with E-state index < -0.39 is 0 Å². The Labute approximate surface area is 136 Å². The van der Waals surface area contributed by atoms with Crippen LogP contribution in [0.1, 0.15) is 22.5 Å². The highest BCUT2D eigenvalue weighted by molar-refractivity contribution is 5.92. The molecule has 1 amide bonds. The zero-order chi connectivity index (χ0) is 15.6. The normalized spacial score (nSPS) is 23.9. The maximum atomic E-state index is 12.6. The molecule has 4 heterocycles. The third kappa shape index (κ3) is 2.84. The summed E-state index contributed by atoms with van der Waals surface area (Å²) in [4.78, 5) is 25.3. The Morgan fingerprint density at radius 1 is 1.13 bits per heavy atom. The molecule has 2 saturated heterocycles. The molecule has 2 fully saturated rings. The molecule has 5 nitrogen and oxygen atoms in total. The zero-order valence-corrected chi connectivity index (χ0v) is 13.0. The molecular formula is C18H20N4O. The standard InChI is InChI=1S/C18H20N4O/c23-18(16-3-1-2-7-20-16)21-10-6-15-12-22(17(15)13-21)11-14-4-8-19-9-5-14/h1-5,7-9,15,17H,6,10-13H2/t15-,17-/m1/s1. The van der Waals surface area contributed by atoms with Crippen molar-refractivity contribution in [2.75, 3.05) is 19.6 Å². The number of amides is 1. The summed E-state index contributed by atoms with van der Waals surface area (Å²) in [5.74, 6) is 0.782. The minimum Gasteiger partial charge on any atom is -0.336 e. The van der Waals surface area contributed by atoms with Gasteiger partial charge in [-0.15, -0.1) is 0 Å². The summed E-state index contributed by atoms with van der Waals surface area (Å²) in [6.45, 7) is 3.73. The lowest BCUT2D eigenvalue weighted by Gasteiger charge is -2.53. The maximum absolute atomic E-state index is 12.6. The van der Waals surface area contributed by atoms with Gasteiger partial charge in [-0.2, -0.15) is 0 Å². The average Bonchev–Trinajstić information content (AvgIpc) is 2.61. The molecule has 5 heteroatoms. The fraction of sp³-hybridized carbons (Fsp3) is 0.389. The Kier molecular flexibility index (Phi) is 3.79. The molecule has 2 atom stereocenters. The Bertz CT molecular complexity index is 676. The van der Waals surface area contributed by atoms with E-state index in [9.17, 15) is 4.79 Å². The number of nitrogens with zero attached hydrogens (tertiary/aromatic N) is 4. The van der Waals surface area contributed by atoms with Crippen molar-refractivity contribution in [2.24, 2.45) is 5.92 Å². The lowest BCUT2D eigenvalue weighted by molar-refractivity contribution is -0.0428. The van der Waals surface area contributed by atoms with Gasteiger partial charge in [-0.05, 0) is 42.2 Å². The van der Waals surface area contributed by atoms with Crippen LogP contribution in [-0.4, -0.2) is 51.4 Å². The van der Waals surface area contributed by atoms with E-state index in [0.29, 0.717) is 11.7 Å². The molecule has 0 saturated carbocycles. The van der Waals surface area contributed by atoms with Crippen LogP contribution in [0.5, 0.6) is 0 Å². The number of fused-ring (bicyclic) bond motifs is 1. The van der Waals surface area contributed by atoms with E-state index in [2.05, 4.69) is 27.0 Å². The SMILES string of the molecule is O=C(c1ccccn1)N1CC[C@@H]2CN(Cc3ccncc3)[C@@H]2C1. The van der Waals surface area contributed by atoms with Crippen molar-refractivity contribution in [2.45, 2.75) is 19.0 Å². The van der Waals surface area contributed by atoms with E-state index in [1.807, 2.05) is 29.4 Å². The van der Waals surface area contributed by atoms with Gasteiger partial charge in [-0.3, -0.25) is 19.7 Å². The van der Waals surface area contributed by atoms with Crippen LogP contribution in [-0.2, 0) is 6.54 Å². The number of piperidine rings is 1. The Balaban J connectivity index is 1.41. The van der Waals surface area contributed by atoms with Crippen LogP contribution in [0.4, 0.5) is 0 Å². The third-order valence-electron chi connectivity index (χ3n) is 4.97. The Hall–Kier alpha value is -2.27. The summed E-state index contributed by atoms with van der Waals surface area (Å²) >= 11 is 0. The molecular weight excluding hydrogens is 288 g/mol. The van der Waals surface area contributed by atoms with Crippen molar-refractivity contribution >= 4 is 5.91 Å². The van der Waals surface area contributed by atoms with Gasteiger partial charge in [0.1, 0.15) is 5.69 Å². The predicted molar refractivity (Wildman–Crippen MR) is 86.7 cm³/mol. The van der Waals surface area contributed by atoms with Gasteiger partial charge in [0.2, 0.25) is 0 Å². The zero-order valence-electron chi connectivity index (χ0n) is 13.0. The number of carbonyl (C=O) groups excluding carboxylic acids is 1. The highest BCUT2D eigenvalue weighted by Gasteiger charge is 2.43. The first kappa shape index (κ1) is 14.3. The minimum absolute atomic E-state index is 0.0554. The van der Waals surface area contributed by atoms with E-state index in [1.54, 1.807) is 12.3 Å².